The number of rotatable bonds is 9. The Morgan fingerprint density at radius 3 is 2.55 bits per heavy atom. The Kier molecular flexibility index (Phi) is 7.97. The van der Waals surface area contributed by atoms with E-state index in [0.29, 0.717) is 17.2 Å². The molecule has 0 radical (unpaired) electrons. The van der Waals surface area contributed by atoms with Crippen LogP contribution in [0.2, 0.25) is 5.02 Å². The Morgan fingerprint density at radius 1 is 1.03 bits per heavy atom. The van der Waals surface area contributed by atoms with Crippen LogP contribution in [-0.4, -0.2) is 28.0 Å². The molecule has 0 aliphatic heterocycles. The summed E-state index contributed by atoms with van der Waals surface area (Å²) >= 11 is 6.04. The van der Waals surface area contributed by atoms with E-state index in [1.54, 1.807) is 42.5 Å². The highest BCUT2D eigenvalue weighted by Crippen LogP contribution is 2.29. The molecule has 0 bridgehead atoms. The number of hydrogen-bond acceptors (Lipinski definition) is 5. The minimum atomic E-state index is -3.91. The Labute approximate surface area is 198 Å². The van der Waals surface area contributed by atoms with Crippen molar-refractivity contribution in [2.45, 2.75) is 11.8 Å². The van der Waals surface area contributed by atoms with Gasteiger partial charge in [-0.25, -0.2) is 8.42 Å². The van der Waals surface area contributed by atoms with Crippen LogP contribution in [0.1, 0.15) is 12.5 Å². The molecular formula is C24H23ClN2O5S. The molecule has 3 aromatic rings. The van der Waals surface area contributed by atoms with E-state index in [1.807, 2.05) is 25.1 Å². The van der Waals surface area contributed by atoms with Crippen molar-refractivity contribution in [3.05, 3.63) is 83.4 Å². The van der Waals surface area contributed by atoms with Crippen molar-refractivity contribution in [1.82, 2.24) is 0 Å². The van der Waals surface area contributed by atoms with Crippen LogP contribution in [0, 0.1) is 0 Å². The Bertz CT molecular complexity index is 1280. The second kappa shape index (κ2) is 10.9. The number of halogens is 1. The summed E-state index contributed by atoms with van der Waals surface area (Å²) in [5, 5.41) is 2.91. The van der Waals surface area contributed by atoms with Crippen molar-refractivity contribution < 1.29 is 22.7 Å². The fourth-order valence-corrected chi connectivity index (χ4v) is 4.29. The van der Waals surface area contributed by atoms with Crippen LogP contribution in [0.5, 0.6) is 11.5 Å². The van der Waals surface area contributed by atoms with Gasteiger partial charge < -0.3 is 14.8 Å². The Morgan fingerprint density at radius 2 is 1.82 bits per heavy atom. The standard InChI is InChI=1S/C24H23ClN2O5S/c1-3-7-17-12-13-22(23(14-17)31-2)32-16-24(28)26-18-8-6-9-19(15-18)33(29,30)27-21-11-5-4-10-20(21)25/h3-15,27H,16H2,1-2H3,(H,26,28)/b7-3+. The van der Waals surface area contributed by atoms with Crippen molar-refractivity contribution in [3.8, 4) is 11.5 Å². The zero-order valence-corrected chi connectivity index (χ0v) is 19.6. The van der Waals surface area contributed by atoms with Gasteiger partial charge in [0.15, 0.2) is 18.1 Å². The topological polar surface area (TPSA) is 93.7 Å². The van der Waals surface area contributed by atoms with E-state index < -0.39 is 15.9 Å². The molecule has 0 aliphatic rings. The Hall–Kier alpha value is -3.49. The minimum Gasteiger partial charge on any atom is -0.493 e. The average Bonchev–Trinajstić information content (AvgIpc) is 2.80. The van der Waals surface area contributed by atoms with E-state index in [4.69, 9.17) is 21.1 Å². The number of methoxy groups -OCH3 is 1. The van der Waals surface area contributed by atoms with Crippen LogP contribution in [-0.2, 0) is 14.8 Å². The summed E-state index contributed by atoms with van der Waals surface area (Å²) < 4.78 is 38.8. The molecule has 172 valence electrons. The maximum atomic E-state index is 12.7. The monoisotopic (exact) mass is 486 g/mol. The van der Waals surface area contributed by atoms with Crippen molar-refractivity contribution in [1.29, 1.82) is 0 Å². The number of ether oxygens (including phenoxy) is 2. The zero-order chi connectivity index (χ0) is 23.8. The molecule has 3 rings (SSSR count). The Balaban J connectivity index is 1.67. The lowest BCUT2D eigenvalue weighted by atomic mass is 10.2. The van der Waals surface area contributed by atoms with E-state index >= 15 is 0 Å². The number of hydrogen-bond donors (Lipinski definition) is 2. The normalized spacial score (nSPS) is 11.2. The molecule has 0 unspecified atom stereocenters. The molecule has 33 heavy (non-hydrogen) atoms. The number of allylic oxidation sites excluding steroid dienone is 1. The number of sulfonamides is 1. The van der Waals surface area contributed by atoms with Crippen LogP contribution in [0.4, 0.5) is 11.4 Å². The first-order chi connectivity index (χ1) is 15.8. The molecule has 7 nitrogen and oxygen atoms in total. The predicted octanol–water partition coefficient (Wildman–Crippen LogP) is 5.20. The van der Waals surface area contributed by atoms with Gasteiger partial charge >= 0.3 is 0 Å². The molecule has 0 heterocycles. The number of anilines is 2. The van der Waals surface area contributed by atoms with Crippen molar-refractivity contribution >= 4 is 45.0 Å². The average molecular weight is 487 g/mol. The first-order valence-corrected chi connectivity index (χ1v) is 11.8. The lowest BCUT2D eigenvalue weighted by molar-refractivity contribution is -0.118. The number of nitrogens with one attached hydrogen (secondary N) is 2. The van der Waals surface area contributed by atoms with Crippen molar-refractivity contribution in [3.63, 3.8) is 0 Å². The van der Waals surface area contributed by atoms with Crippen LogP contribution in [0.15, 0.2) is 77.7 Å². The summed E-state index contributed by atoms with van der Waals surface area (Å²) in [7, 11) is -2.39. The van der Waals surface area contributed by atoms with Gasteiger partial charge in [0, 0.05) is 5.69 Å². The number of para-hydroxylation sites is 1. The van der Waals surface area contributed by atoms with Gasteiger partial charge in [-0.2, -0.15) is 0 Å². The highest BCUT2D eigenvalue weighted by atomic mass is 35.5. The summed E-state index contributed by atoms with van der Waals surface area (Å²) in [4.78, 5) is 12.4. The maximum Gasteiger partial charge on any atom is 0.262 e. The van der Waals surface area contributed by atoms with Crippen molar-refractivity contribution in [2.75, 3.05) is 23.8 Å². The fourth-order valence-electron chi connectivity index (χ4n) is 2.93. The smallest absolute Gasteiger partial charge is 0.262 e. The first kappa shape index (κ1) is 24.2. The second-order valence-corrected chi connectivity index (χ2v) is 8.95. The number of carbonyl (C=O) groups is 1. The second-order valence-electron chi connectivity index (χ2n) is 6.86. The highest BCUT2D eigenvalue weighted by Gasteiger charge is 2.17. The van der Waals surface area contributed by atoms with Gasteiger partial charge in [-0.05, 0) is 55.0 Å². The molecule has 0 saturated carbocycles. The molecular weight excluding hydrogens is 464 g/mol. The van der Waals surface area contributed by atoms with E-state index in [0.717, 1.165) is 5.56 Å². The third-order valence-corrected chi connectivity index (χ3v) is 6.14. The van der Waals surface area contributed by atoms with Crippen molar-refractivity contribution in [2.24, 2.45) is 0 Å². The SMILES string of the molecule is C/C=C/c1ccc(OCC(=O)Nc2cccc(S(=O)(=O)Nc3ccccc3Cl)c2)c(OC)c1. The molecule has 0 aliphatic carbocycles. The van der Waals surface area contributed by atoms with E-state index in [1.165, 1.54) is 25.3 Å². The van der Waals surface area contributed by atoms with E-state index in [-0.39, 0.29) is 22.2 Å². The third-order valence-electron chi connectivity index (χ3n) is 4.45. The zero-order valence-electron chi connectivity index (χ0n) is 18.0. The number of benzene rings is 3. The van der Waals surface area contributed by atoms with E-state index in [9.17, 15) is 13.2 Å². The molecule has 1 amide bonds. The molecule has 3 aromatic carbocycles. The highest BCUT2D eigenvalue weighted by molar-refractivity contribution is 7.92. The minimum absolute atomic E-state index is 0.0256. The van der Waals surface area contributed by atoms with Gasteiger partial charge in [-0.15, -0.1) is 0 Å². The van der Waals surface area contributed by atoms with Crippen LogP contribution < -0.4 is 19.5 Å². The van der Waals surface area contributed by atoms with Crippen LogP contribution in [0.3, 0.4) is 0 Å². The predicted molar refractivity (Wildman–Crippen MR) is 131 cm³/mol. The van der Waals surface area contributed by atoms with E-state index in [2.05, 4.69) is 10.0 Å². The third kappa shape index (κ3) is 6.50. The molecule has 0 atom stereocenters. The lowest BCUT2D eigenvalue weighted by Crippen LogP contribution is -2.21. The molecule has 0 aromatic heterocycles. The van der Waals surface area contributed by atoms with Gasteiger partial charge in [0.2, 0.25) is 0 Å². The lowest BCUT2D eigenvalue weighted by Gasteiger charge is -2.13. The summed E-state index contributed by atoms with van der Waals surface area (Å²) in [5.41, 5.74) is 1.51. The largest absolute Gasteiger partial charge is 0.493 e. The quantitative estimate of drug-likeness (QED) is 0.433. The van der Waals surface area contributed by atoms with Crippen LogP contribution in [0.25, 0.3) is 6.08 Å². The summed E-state index contributed by atoms with van der Waals surface area (Å²) in [6.45, 7) is 1.63. The molecule has 0 fully saturated rings. The van der Waals surface area contributed by atoms with Gasteiger partial charge in [0.25, 0.3) is 15.9 Å². The number of amides is 1. The summed E-state index contributed by atoms with van der Waals surface area (Å²) in [6.07, 6.45) is 3.82. The van der Waals surface area contributed by atoms with Gasteiger partial charge in [-0.1, -0.05) is 48.0 Å². The maximum absolute atomic E-state index is 12.7. The summed E-state index contributed by atoms with van der Waals surface area (Å²) in [5.74, 6) is 0.460. The van der Waals surface area contributed by atoms with Crippen LogP contribution >= 0.6 is 11.6 Å². The fraction of sp³-hybridized carbons (Fsp3) is 0.125. The molecule has 9 heteroatoms. The van der Waals surface area contributed by atoms with Gasteiger partial charge in [-0.3, -0.25) is 9.52 Å². The van der Waals surface area contributed by atoms with Gasteiger partial charge in [0.1, 0.15) is 0 Å². The molecule has 0 spiro atoms. The molecule has 0 saturated heterocycles. The summed E-state index contributed by atoms with van der Waals surface area (Å²) in [6, 6.07) is 17.7. The number of carbonyl (C=O) groups excluding carboxylic acids is 1. The van der Waals surface area contributed by atoms with Gasteiger partial charge in [0.05, 0.1) is 22.7 Å². The first-order valence-electron chi connectivity index (χ1n) is 9.93. The molecule has 2 N–H and O–H groups in total.